The van der Waals surface area contributed by atoms with Gasteiger partial charge in [-0.25, -0.2) is 15.0 Å². The molecule has 8 aromatic carbocycles. The second kappa shape index (κ2) is 13.7. The van der Waals surface area contributed by atoms with Crippen LogP contribution in [0.15, 0.2) is 200 Å². The summed E-state index contributed by atoms with van der Waals surface area (Å²) in [5.41, 5.74) is 11.9. The van der Waals surface area contributed by atoms with Crippen LogP contribution in [-0.2, 0) is 0 Å². The van der Waals surface area contributed by atoms with E-state index in [9.17, 15) is 0 Å². The van der Waals surface area contributed by atoms with Gasteiger partial charge in [0.2, 0.25) is 0 Å². The number of benzene rings is 8. The lowest BCUT2D eigenvalue weighted by atomic mass is 9.91. The fraction of sp³-hybridized carbons (Fsp3) is 0. The van der Waals surface area contributed by atoms with Gasteiger partial charge >= 0.3 is 0 Å². The van der Waals surface area contributed by atoms with E-state index in [1.807, 2.05) is 18.2 Å². The molecule has 0 aliphatic rings. The molecular formula is C49H33N3. The van der Waals surface area contributed by atoms with Gasteiger partial charge < -0.3 is 0 Å². The van der Waals surface area contributed by atoms with Crippen LogP contribution in [0.5, 0.6) is 0 Å². The van der Waals surface area contributed by atoms with Gasteiger partial charge in [0.05, 0.1) is 0 Å². The third kappa shape index (κ3) is 6.17. The molecule has 0 aliphatic heterocycles. The van der Waals surface area contributed by atoms with Crippen molar-refractivity contribution in [3.05, 3.63) is 200 Å². The van der Waals surface area contributed by atoms with Crippen LogP contribution in [-0.4, -0.2) is 15.0 Å². The summed E-state index contributed by atoms with van der Waals surface area (Å²) in [5, 5.41) is 2.37. The second-order valence-corrected chi connectivity index (χ2v) is 12.8. The Morgan fingerprint density at radius 2 is 0.635 bits per heavy atom. The Kier molecular flexibility index (Phi) is 8.20. The molecule has 0 aliphatic carbocycles. The summed E-state index contributed by atoms with van der Waals surface area (Å²) in [5.74, 6) is 1.88. The van der Waals surface area contributed by atoms with Crippen LogP contribution >= 0.6 is 0 Å². The molecule has 52 heavy (non-hydrogen) atoms. The minimum absolute atomic E-state index is 0.625. The summed E-state index contributed by atoms with van der Waals surface area (Å²) in [6, 6.07) is 70.0. The Labute approximate surface area is 303 Å². The molecule has 0 spiro atoms. The van der Waals surface area contributed by atoms with Gasteiger partial charge in [-0.15, -0.1) is 0 Å². The van der Waals surface area contributed by atoms with Gasteiger partial charge in [-0.05, 0) is 61.3 Å². The van der Waals surface area contributed by atoms with Gasteiger partial charge in [-0.3, -0.25) is 0 Å². The molecule has 1 aromatic heterocycles. The molecule has 0 radical (unpaired) electrons. The molecule has 0 N–H and O–H groups in total. The molecule has 0 saturated heterocycles. The van der Waals surface area contributed by atoms with E-state index < -0.39 is 0 Å². The van der Waals surface area contributed by atoms with Crippen LogP contribution in [0.1, 0.15) is 0 Å². The first-order valence-electron chi connectivity index (χ1n) is 17.5. The molecule has 9 aromatic rings. The van der Waals surface area contributed by atoms with E-state index in [4.69, 9.17) is 15.0 Å². The van der Waals surface area contributed by atoms with Gasteiger partial charge in [0, 0.05) is 16.7 Å². The maximum absolute atomic E-state index is 5.25. The summed E-state index contributed by atoms with van der Waals surface area (Å²) >= 11 is 0. The lowest BCUT2D eigenvalue weighted by Gasteiger charge is -2.15. The summed E-state index contributed by atoms with van der Waals surface area (Å²) < 4.78 is 0. The van der Waals surface area contributed by atoms with Crippen molar-refractivity contribution in [2.45, 2.75) is 0 Å². The van der Waals surface area contributed by atoms with Crippen molar-refractivity contribution in [3.8, 4) is 78.7 Å². The number of rotatable bonds is 7. The summed E-state index contributed by atoms with van der Waals surface area (Å²) in [7, 11) is 0. The number of nitrogens with zero attached hydrogens (tertiary/aromatic N) is 3. The molecule has 0 atom stereocenters. The average Bonchev–Trinajstić information content (AvgIpc) is 3.24. The van der Waals surface area contributed by atoms with Gasteiger partial charge in [-0.2, -0.15) is 0 Å². The smallest absolute Gasteiger partial charge is 0.164 e. The van der Waals surface area contributed by atoms with Crippen molar-refractivity contribution in [3.63, 3.8) is 0 Å². The van der Waals surface area contributed by atoms with E-state index in [0.717, 1.165) is 50.1 Å². The topological polar surface area (TPSA) is 38.7 Å². The highest BCUT2D eigenvalue weighted by atomic mass is 15.0. The van der Waals surface area contributed by atoms with Crippen LogP contribution in [0.25, 0.3) is 89.4 Å². The highest BCUT2D eigenvalue weighted by Crippen LogP contribution is 2.39. The molecule has 0 fully saturated rings. The number of hydrogen-bond donors (Lipinski definition) is 0. The number of hydrogen-bond acceptors (Lipinski definition) is 3. The van der Waals surface area contributed by atoms with Crippen LogP contribution < -0.4 is 0 Å². The van der Waals surface area contributed by atoms with E-state index in [0.29, 0.717) is 17.5 Å². The minimum Gasteiger partial charge on any atom is -0.208 e. The standard InChI is InChI=1S/C49H33N3/c1-4-13-34(14-5-1)37-23-27-40(28-24-37)47-50-48(41-29-25-38(26-30-41)35-15-6-2-7-16-35)52-49(51-47)46-33-42(36-17-8-3-9-18-36)31-32-45(46)44-22-12-20-39-19-10-11-21-43(39)44/h1-33H. The molecule has 0 bridgehead atoms. The Morgan fingerprint density at radius 3 is 1.19 bits per heavy atom. The highest BCUT2D eigenvalue weighted by molar-refractivity contribution is 6.00. The fourth-order valence-corrected chi connectivity index (χ4v) is 6.87. The third-order valence-electron chi connectivity index (χ3n) is 9.58. The van der Waals surface area contributed by atoms with Crippen molar-refractivity contribution in [1.82, 2.24) is 15.0 Å². The Bertz CT molecular complexity index is 2530. The lowest BCUT2D eigenvalue weighted by molar-refractivity contribution is 1.07. The van der Waals surface area contributed by atoms with Crippen molar-refractivity contribution >= 4 is 10.8 Å². The zero-order chi connectivity index (χ0) is 34.7. The van der Waals surface area contributed by atoms with Gasteiger partial charge in [0.25, 0.3) is 0 Å². The van der Waals surface area contributed by atoms with Crippen molar-refractivity contribution in [2.75, 3.05) is 0 Å². The molecule has 1 heterocycles. The molecule has 0 unspecified atom stereocenters. The first kappa shape index (κ1) is 31.0. The van der Waals surface area contributed by atoms with Gasteiger partial charge in [0.1, 0.15) is 0 Å². The van der Waals surface area contributed by atoms with Gasteiger partial charge in [0.15, 0.2) is 17.5 Å². The Hall–Kier alpha value is -6.97. The lowest BCUT2D eigenvalue weighted by Crippen LogP contribution is -2.01. The summed E-state index contributed by atoms with van der Waals surface area (Å²) in [6.07, 6.45) is 0. The van der Waals surface area contributed by atoms with E-state index in [1.54, 1.807) is 0 Å². The predicted molar refractivity (Wildman–Crippen MR) is 215 cm³/mol. The van der Waals surface area contributed by atoms with Gasteiger partial charge in [-0.1, -0.05) is 194 Å². The third-order valence-corrected chi connectivity index (χ3v) is 9.58. The number of fused-ring (bicyclic) bond motifs is 1. The highest BCUT2D eigenvalue weighted by Gasteiger charge is 2.18. The molecular weight excluding hydrogens is 631 g/mol. The van der Waals surface area contributed by atoms with Crippen LogP contribution in [0.4, 0.5) is 0 Å². The van der Waals surface area contributed by atoms with Crippen LogP contribution in [0.3, 0.4) is 0 Å². The largest absolute Gasteiger partial charge is 0.208 e. The summed E-state index contributed by atoms with van der Waals surface area (Å²) in [6.45, 7) is 0. The maximum atomic E-state index is 5.25. The monoisotopic (exact) mass is 663 g/mol. The Balaban J connectivity index is 1.25. The average molecular weight is 664 g/mol. The fourth-order valence-electron chi connectivity index (χ4n) is 6.87. The molecule has 0 saturated carbocycles. The first-order chi connectivity index (χ1) is 25.8. The predicted octanol–water partition coefficient (Wildman–Crippen LogP) is 12.7. The van der Waals surface area contributed by atoms with E-state index in [1.165, 1.54) is 21.9 Å². The molecule has 3 nitrogen and oxygen atoms in total. The van der Waals surface area contributed by atoms with Crippen LogP contribution in [0, 0.1) is 0 Å². The molecule has 9 rings (SSSR count). The Morgan fingerprint density at radius 1 is 0.231 bits per heavy atom. The second-order valence-electron chi connectivity index (χ2n) is 12.8. The number of aromatic nitrogens is 3. The van der Waals surface area contributed by atoms with Crippen LogP contribution in [0.2, 0.25) is 0 Å². The first-order valence-corrected chi connectivity index (χ1v) is 17.5. The van der Waals surface area contributed by atoms with E-state index in [-0.39, 0.29) is 0 Å². The molecule has 3 heteroatoms. The normalized spacial score (nSPS) is 11.1. The van der Waals surface area contributed by atoms with Crippen molar-refractivity contribution < 1.29 is 0 Å². The SMILES string of the molecule is c1ccc(-c2ccc(-c3nc(-c4ccc(-c5ccccc5)cc4)nc(-c4cc(-c5ccccc5)ccc4-c4cccc5ccccc45)n3)cc2)cc1. The molecule has 244 valence electrons. The summed E-state index contributed by atoms with van der Waals surface area (Å²) in [4.78, 5) is 15.6. The minimum atomic E-state index is 0.625. The quantitative estimate of drug-likeness (QED) is 0.170. The zero-order valence-electron chi connectivity index (χ0n) is 28.4. The zero-order valence-corrected chi connectivity index (χ0v) is 28.4. The van der Waals surface area contributed by atoms with Crippen molar-refractivity contribution in [2.24, 2.45) is 0 Å². The van der Waals surface area contributed by atoms with Crippen molar-refractivity contribution in [1.29, 1.82) is 0 Å². The van der Waals surface area contributed by atoms with E-state index in [2.05, 4.69) is 182 Å². The molecule has 0 amide bonds. The van der Waals surface area contributed by atoms with E-state index >= 15 is 0 Å². The maximum Gasteiger partial charge on any atom is 0.164 e.